The van der Waals surface area contributed by atoms with E-state index in [-0.39, 0.29) is 12.5 Å². The zero-order valence-corrected chi connectivity index (χ0v) is 40.2. The molecule has 2 unspecified atom stereocenters. The summed E-state index contributed by atoms with van der Waals surface area (Å²) < 4.78 is 0. The third-order valence-electron chi connectivity index (χ3n) is 11.3. The Balaban J connectivity index is 3.65. The molecule has 3 N–H and O–H groups in total. The summed E-state index contributed by atoms with van der Waals surface area (Å²) in [6, 6.07) is -0.670. The van der Waals surface area contributed by atoms with Gasteiger partial charge in [0.05, 0.1) is 18.8 Å². The molecule has 0 fully saturated rings. The highest BCUT2D eigenvalue weighted by atomic mass is 16.3. The normalized spacial score (nSPS) is 13.7. The Morgan fingerprint density at radius 2 is 0.738 bits per heavy atom. The average molecular weight is 846 g/mol. The first-order valence-corrected chi connectivity index (χ1v) is 26.0. The summed E-state index contributed by atoms with van der Waals surface area (Å²) in [5, 5.41) is 23.1. The molecular formula is C57H99NO3. The Kier molecular flexibility index (Phi) is 49.4. The number of unbranched alkanes of at least 4 members (excludes halogenated alkanes) is 25. The number of aliphatic hydroxyl groups is 2. The zero-order chi connectivity index (χ0) is 44.2. The molecule has 0 bridgehead atoms. The number of amides is 1. The monoisotopic (exact) mass is 846 g/mol. The van der Waals surface area contributed by atoms with Gasteiger partial charge in [-0.1, -0.05) is 246 Å². The van der Waals surface area contributed by atoms with Gasteiger partial charge in [0.2, 0.25) is 5.91 Å². The lowest BCUT2D eigenvalue weighted by Crippen LogP contribution is -2.45. The molecule has 1 amide bonds. The molecule has 4 heteroatoms. The van der Waals surface area contributed by atoms with Gasteiger partial charge in [0.25, 0.3) is 0 Å². The van der Waals surface area contributed by atoms with Gasteiger partial charge < -0.3 is 15.5 Å². The van der Waals surface area contributed by atoms with Gasteiger partial charge in [0.15, 0.2) is 0 Å². The minimum atomic E-state index is -0.888. The molecule has 4 nitrogen and oxygen atoms in total. The number of allylic oxidation sites excluding steroid dienone is 15. The molecule has 0 saturated heterocycles. The molecule has 0 aromatic carbocycles. The van der Waals surface area contributed by atoms with Gasteiger partial charge in [-0.3, -0.25) is 4.79 Å². The smallest absolute Gasteiger partial charge is 0.220 e. The van der Waals surface area contributed by atoms with E-state index in [1.54, 1.807) is 6.08 Å². The standard InChI is InChI=1S/C57H99NO3/c1-3-5-7-9-11-13-15-17-19-21-23-25-26-27-28-29-30-31-33-34-36-38-40-42-44-46-48-50-52-56(60)55(54-59)58-57(61)53-51-49-47-45-43-41-39-37-35-32-24-22-20-18-16-14-12-10-8-6-4-2/h6,8,12,14,18,20,24,32,37,39,42-45,50,52,55-56,59-60H,3-5,7,9-11,13,15-17,19,21-23,25-31,33-36,38,40-41,46-49,51,53-54H2,1-2H3,(H,58,61)/b8-6-,14-12-,20-18-,32-24-,39-37-,44-42+,45-43-,52-50+. The Morgan fingerprint density at radius 1 is 0.410 bits per heavy atom. The molecule has 0 spiro atoms. The van der Waals surface area contributed by atoms with Crippen LogP contribution >= 0.6 is 0 Å². The van der Waals surface area contributed by atoms with E-state index in [0.29, 0.717) is 6.42 Å². The number of carbonyl (C=O) groups excluding carboxylic acids is 1. The number of rotatable bonds is 46. The van der Waals surface area contributed by atoms with E-state index in [1.807, 2.05) is 6.08 Å². The van der Waals surface area contributed by atoms with Crippen LogP contribution in [0.2, 0.25) is 0 Å². The van der Waals surface area contributed by atoms with E-state index >= 15 is 0 Å². The van der Waals surface area contributed by atoms with Gasteiger partial charge in [0.1, 0.15) is 0 Å². The summed E-state index contributed by atoms with van der Waals surface area (Å²) in [5.74, 6) is -0.118. The van der Waals surface area contributed by atoms with Crippen LogP contribution in [0.25, 0.3) is 0 Å². The maximum Gasteiger partial charge on any atom is 0.220 e. The highest BCUT2D eigenvalue weighted by molar-refractivity contribution is 5.76. The number of aliphatic hydroxyl groups excluding tert-OH is 2. The molecule has 0 aromatic rings. The summed E-state index contributed by atoms with van der Waals surface area (Å²) in [6.45, 7) is 4.17. The maximum absolute atomic E-state index is 12.4. The molecule has 0 aromatic heterocycles. The van der Waals surface area contributed by atoms with Crippen LogP contribution in [0.4, 0.5) is 0 Å². The van der Waals surface area contributed by atoms with Crippen molar-refractivity contribution in [1.29, 1.82) is 0 Å². The Morgan fingerprint density at radius 3 is 1.15 bits per heavy atom. The first-order valence-electron chi connectivity index (χ1n) is 26.0. The molecule has 2 atom stereocenters. The molecule has 0 rings (SSSR count). The van der Waals surface area contributed by atoms with Crippen molar-refractivity contribution in [3.8, 4) is 0 Å². The number of carbonyl (C=O) groups is 1. The molecule has 0 aliphatic carbocycles. The topological polar surface area (TPSA) is 69.6 Å². The first kappa shape index (κ1) is 58.3. The largest absolute Gasteiger partial charge is 0.394 e. The van der Waals surface area contributed by atoms with Gasteiger partial charge in [-0.2, -0.15) is 0 Å². The summed E-state index contributed by atoms with van der Waals surface area (Å²) in [5.41, 5.74) is 0. The Bertz CT molecular complexity index is 1140. The van der Waals surface area contributed by atoms with Crippen LogP contribution in [0.3, 0.4) is 0 Å². The van der Waals surface area contributed by atoms with Crippen LogP contribution in [0, 0.1) is 0 Å². The second-order valence-electron chi connectivity index (χ2n) is 17.2. The van der Waals surface area contributed by atoms with Crippen LogP contribution in [0.5, 0.6) is 0 Å². The fourth-order valence-corrected chi connectivity index (χ4v) is 7.37. The molecular weight excluding hydrogens is 747 g/mol. The van der Waals surface area contributed by atoms with E-state index in [1.165, 1.54) is 141 Å². The zero-order valence-electron chi connectivity index (χ0n) is 40.2. The van der Waals surface area contributed by atoms with Crippen molar-refractivity contribution in [1.82, 2.24) is 5.32 Å². The molecule has 0 radical (unpaired) electrons. The van der Waals surface area contributed by atoms with Crippen molar-refractivity contribution in [2.24, 2.45) is 0 Å². The number of hydrogen-bond acceptors (Lipinski definition) is 3. The molecule has 61 heavy (non-hydrogen) atoms. The minimum Gasteiger partial charge on any atom is -0.394 e. The highest BCUT2D eigenvalue weighted by Gasteiger charge is 2.17. The molecule has 0 aliphatic rings. The Labute approximate surface area is 379 Å². The predicted octanol–water partition coefficient (Wildman–Crippen LogP) is 17.0. The average Bonchev–Trinajstić information content (AvgIpc) is 3.26. The van der Waals surface area contributed by atoms with E-state index < -0.39 is 12.1 Å². The fourth-order valence-electron chi connectivity index (χ4n) is 7.37. The van der Waals surface area contributed by atoms with Gasteiger partial charge in [0, 0.05) is 6.42 Å². The van der Waals surface area contributed by atoms with E-state index in [9.17, 15) is 15.0 Å². The lowest BCUT2D eigenvalue weighted by atomic mass is 10.0. The molecule has 0 aliphatic heterocycles. The van der Waals surface area contributed by atoms with Gasteiger partial charge >= 0.3 is 0 Å². The van der Waals surface area contributed by atoms with Crippen LogP contribution < -0.4 is 5.32 Å². The van der Waals surface area contributed by atoms with Crippen molar-refractivity contribution in [3.63, 3.8) is 0 Å². The van der Waals surface area contributed by atoms with Gasteiger partial charge in [-0.25, -0.2) is 0 Å². The number of hydrogen-bond donors (Lipinski definition) is 3. The van der Waals surface area contributed by atoms with E-state index in [0.717, 1.165) is 77.0 Å². The first-order chi connectivity index (χ1) is 30.2. The highest BCUT2D eigenvalue weighted by Crippen LogP contribution is 2.16. The van der Waals surface area contributed by atoms with Crippen molar-refractivity contribution in [2.45, 2.75) is 251 Å². The van der Waals surface area contributed by atoms with Gasteiger partial charge in [-0.15, -0.1) is 0 Å². The van der Waals surface area contributed by atoms with Gasteiger partial charge in [-0.05, 0) is 83.5 Å². The summed E-state index contributed by atoms with van der Waals surface area (Å²) >= 11 is 0. The third kappa shape index (κ3) is 48.2. The predicted molar refractivity (Wildman–Crippen MR) is 271 cm³/mol. The lowest BCUT2D eigenvalue weighted by molar-refractivity contribution is -0.123. The quantitative estimate of drug-likeness (QED) is 0.0422. The second kappa shape index (κ2) is 51.7. The van der Waals surface area contributed by atoms with Crippen molar-refractivity contribution < 1.29 is 15.0 Å². The van der Waals surface area contributed by atoms with E-state index in [4.69, 9.17) is 0 Å². The summed E-state index contributed by atoms with van der Waals surface area (Å²) in [6.07, 6.45) is 77.0. The SMILES string of the molecule is CC/C=C\C/C=C\C/C=C\C/C=C\C/C=C\C/C=C\CCCCC(=O)NC(CO)C(O)/C=C/CC/C=C/CCCCCCCCCCCCCCCCCCCCCCCC. The Hall–Kier alpha value is -2.69. The van der Waals surface area contributed by atoms with Crippen molar-refractivity contribution >= 4 is 5.91 Å². The van der Waals surface area contributed by atoms with Crippen LogP contribution in [0.1, 0.15) is 239 Å². The lowest BCUT2D eigenvalue weighted by Gasteiger charge is -2.19. The molecule has 350 valence electrons. The minimum absolute atomic E-state index is 0.118. The van der Waals surface area contributed by atoms with Crippen molar-refractivity contribution in [2.75, 3.05) is 6.61 Å². The fraction of sp³-hybridized carbons (Fsp3) is 0.702. The van der Waals surface area contributed by atoms with E-state index in [2.05, 4.69) is 104 Å². The van der Waals surface area contributed by atoms with Crippen molar-refractivity contribution in [3.05, 3.63) is 97.2 Å². The second-order valence-corrected chi connectivity index (χ2v) is 17.2. The third-order valence-corrected chi connectivity index (χ3v) is 11.3. The summed E-state index contributed by atoms with van der Waals surface area (Å²) in [7, 11) is 0. The van der Waals surface area contributed by atoms with Crippen LogP contribution in [-0.4, -0.2) is 34.9 Å². The van der Waals surface area contributed by atoms with Crippen LogP contribution in [0.15, 0.2) is 97.2 Å². The molecule has 0 saturated carbocycles. The number of nitrogens with one attached hydrogen (secondary N) is 1. The molecule has 0 heterocycles. The van der Waals surface area contributed by atoms with Crippen LogP contribution in [-0.2, 0) is 4.79 Å². The maximum atomic E-state index is 12.4. The summed E-state index contributed by atoms with van der Waals surface area (Å²) in [4.78, 5) is 12.4.